The molecule has 0 bridgehead atoms. The smallest absolute Gasteiger partial charge is 0.160 e. The van der Waals surface area contributed by atoms with E-state index < -0.39 is 0 Å². The van der Waals surface area contributed by atoms with Crippen LogP contribution in [0.5, 0.6) is 0 Å². The van der Waals surface area contributed by atoms with Crippen LogP contribution in [0.3, 0.4) is 0 Å². The van der Waals surface area contributed by atoms with Gasteiger partial charge in [0.05, 0.1) is 16.8 Å². The van der Waals surface area contributed by atoms with Gasteiger partial charge in [0.2, 0.25) is 0 Å². The van der Waals surface area contributed by atoms with Crippen LogP contribution in [0.2, 0.25) is 0 Å². The highest BCUT2D eigenvalue weighted by Gasteiger charge is 2.53. The van der Waals surface area contributed by atoms with Crippen LogP contribution in [-0.2, 0) is 5.41 Å². The Bertz CT molecular complexity index is 3220. The van der Waals surface area contributed by atoms with E-state index in [0.717, 1.165) is 39.2 Å². The number of nitrogens with zero attached hydrogens (tertiary/aromatic N) is 2. The van der Waals surface area contributed by atoms with Crippen LogP contribution < -0.4 is 0 Å². The molecular formula is C55H34N2S. The Balaban J connectivity index is 0.982. The normalized spacial score (nSPS) is 14.6. The SMILES string of the molecule is c1ccc(-c2cccc(-c3cc(-c4ccccc4)nc(-c4ccc(-c5ccc6c(c5)C5(c7ccccc7-6)c6ccccc6-c6c5sc5ccccc65)cc4)n3)c2)cc1. The minimum atomic E-state index is -0.378. The lowest BCUT2D eigenvalue weighted by atomic mass is 9.73. The lowest BCUT2D eigenvalue weighted by Gasteiger charge is -2.29. The summed E-state index contributed by atoms with van der Waals surface area (Å²) in [6, 6.07) is 74.6. The maximum absolute atomic E-state index is 5.21. The fourth-order valence-electron chi connectivity index (χ4n) is 9.50. The third-order valence-electron chi connectivity index (χ3n) is 12.1. The lowest BCUT2D eigenvalue weighted by molar-refractivity contribution is 0.812. The van der Waals surface area contributed by atoms with Crippen molar-refractivity contribution >= 4 is 21.4 Å². The quantitative estimate of drug-likeness (QED) is 0.175. The van der Waals surface area contributed by atoms with Gasteiger partial charge in [0.15, 0.2) is 5.82 Å². The first-order valence-electron chi connectivity index (χ1n) is 19.8. The first-order valence-corrected chi connectivity index (χ1v) is 20.6. The van der Waals surface area contributed by atoms with Crippen molar-refractivity contribution in [2.24, 2.45) is 0 Å². The molecule has 2 aliphatic carbocycles. The molecule has 1 spiro atoms. The summed E-state index contributed by atoms with van der Waals surface area (Å²) in [5.41, 5.74) is 18.7. The minimum absolute atomic E-state index is 0.378. The highest BCUT2D eigenvalue weighted by atomic mass is 32.1. The number of hydrogen-bond acceptors (Lipinski definition) is 3. The van der Waals surface area contributed by atoms with E-state index in [1.807, 2.05) is 17.4 Å². The van der Waals surface area contributed by atoms with Crippen molar-refractivity contribution in [3.63, 3.8) is 0 Å². The van der Waals surface area contributed by atoms with Crippen molar-refractivity contribution in [3.8, 4) is 78.4 Å². The van der Waals surface area contributed by atoms with Crippen LogP contribution in [0.1, 0.15) is 21.6 Å². The van der Waals surface area contributed by atoms with Crippen LogP contribution in [-0.4, -0.2) is 9.97 Å². The fraction of sp³-hybridized carbons (Fsp3) is 0.0182. The topological polar surface area (TPSA) is 25.8 Å². The van der Waals surface area contributed by atoms with Gasteiger partial charge in [-0.25, -0.2) is 9.97 Å². The monoisotopic (exact) mass is 754 g/mol. The van der Waals surface area contributed by atoms with E-state index >= 15 is 0 Å². The molecule has 0 amide bonds. The van der Waals surface area contributed by atoms with Gasteiger partial charge in [0, 0.05) is 37.2 Å². The third kappa shape index (κ3) is 4.90. The van der Waals surface area contributed by atoms with Crippen molar-refractivity contribution in [1.29, 1.82) is 0 Å². The summed E-state index contributed by atoms with van der Waals surface area (Å²) in [4.78, 5) is 11.8. The van der Waals surface area contributed by atoms with Gasteiger partial charge in [0.1, 0.15) is 0 Å². The summed E-state index contributed by atoms with van der Waals surface area (Å²) in [7, 11) is 0. The molecule has 2 nitrogen and oxygen atoms in total. The molecule has 0 aliphatic heterocycles. The van der Waals surface area contributed by atoms with E-state index in [9.17, 15) is 0 Å². The van der Waals surface area contributed by atoms with E-state index in [4.69, 9.17) is 9.97 Å². The van der Waals surface area contributed by atoms with Crippen molar-refractivity contribution in [2.45, 2.75) is 5.41 Å². The standard InChI is InChI=1S/C55H34N2S/c1-3-14-35(15-4-1)39-18-13-19-41(32-39)50-34-49(37-16-5-2-6-17-37)56-54(57-50)38-28-26-36(27-29-38)40-30-31-43-42-20-7-10-23-46(42)55(48(43)33-40)47-24-11-8-21-44(47)52-45-22-9-12-25-51(45)58-53(52)55/h1-34H. The van der Waals surface area contributed by atoms with Gasteiger partial charge >= 0.3 is 0 Å². The Labute approximate surface area is 341 Å². The van der Waals surface area contributed by atoms with E-state index in [2.05, 4.69) is 200 Å². The zero-order valence-corrected chi connectivity index (χ0v) is 32.2. The Morgan fingerprint density at radius 3 is 1.67 bits per heavy atom. The van der Waals surface area contributed by atoms with Gasteiger partial charge in [-0.05, 0) is 79.9 Å². The Morgan fingerprint density at radius 1 is 0.345 bits per heavy atom. The van der Waals surface area contributed by atoms with Gasteiger partial charge in [-0.15, -0.1) is 11.3 Å². The summed E-state index contributed by atoms with van der Waals surface area (Å²) in [5, 5.41) is 1.34. The minimum Gasteiger partial charge on any atom is -0.228 e. The zero-order valence-electron chi connectivity index (χ0n) is 31.4. The van der Waals surface area contributed by atoms with E-state index in [-0.39, 0.29) is 5.41 Å². The largest absolute Gasteiger partial charge is 0.228 e. The van der Waals surface area contributed by atoms with Crippen molar-refractivity contribution in [2.75, 3.05) is 0 Å². The van der Waals surface area contributed by atoms with Gasteiger partial charge in [0.25, 0.3) is 0 Å². The molecule has 8 aromatic carbocycles. The molecule has 0 saturated heterocycles. The van der Waals surface area contributed by atoms with Gasteiger partial charge in [-0.2, -0.15) is 0 Å². The predicted molar refractivity (Wildman–Crippen MR) is 241 cm³/mol. The molecule has 0 radical (unpaired) electrons. The average molecular weight is 755 g/mol. The average Bonchev–Trinajstić information content (AvgIpc) is 3.93. The molecule has 0 N–H and O–H groups in total. The summed E-state index contributed by atoms with van der Waals surface area (Å²) in [6.07, 6.45) is 0. The molecule has 12 rings (SSSR count). The molecule has 270 valence electrons. The lowest BCUT2D eigenvalue weighted by Crippen LogP contribution is -2.24. The number of benzene rings is 8. The fourth-order valence-corrected chi connectivity index (χ4v) is 11.0. The molecule has 1 atom stereocenters. The van der Waals surface area contributed by atoms with E-state index in [1.54, 1.807) is 0 Å². The van der Waals surface area contributed by atoms with Gasteiger partial charge < -0.3 is 0 Å². The van der Waals surface area contributed by atoms with E-state index in [1.165, 1.54) is 65.0 Å². The molecule has 2 aliphatic rings. The van der Waals surface area contributed by atoms with Crippen LogP contribution in [0, 0.1) is 0 Å². The molecule has 0 saturated carbocycles. The first-order chi connectivity index (χ1) is 28.7. The maximum Gasteiger partial charge on any atom is 0.160 e. The maximum atomic E-state index is 5.21. The van der Waals surface area contributed by atoms with Crippen LogP contribution >= 0.6 is 11.3 Å². The molecule has 3 heteroatoms. The van der Waals surface area contributed by atoms with Crippen molar-refractivity contribution < 1.29 is 0 Å². The second-order valence-electron chi connectivity index (χ2n) is 15.3. The summed E-state index contributed by atoms with van der Waals surface area (Å²) < 4.78 is 1.34. The molecule has 0 fully saturated rings. The zero-order chi connectivity index (χ0) is 38.2. The Hall–Kier alpha value is -7.20. The Kier molecular flexibility index (Phi) is 7.35. The molecule has 2 aromatic heterocycles. The highest BCUT2D eigenvalue weighted by Crippen LogP contribution is 2.66. The van der Waals surface area contributed by atoms with Crippen LogP contribution in [0.4, 0.5) is 0 Å². The third-order valence-corrected chi connectivity index (χ3v) is 13.4. The van der Waals surface area contributed by atoms with Crippen LogP contribution in [0.25, 0.3) is 88.5 Å². The van der Waals surface area contributed by atoms with Crippen molar-refractivity contribution in [3.05, 3.63) is 228 Å². The molecule has 58 heavy (non-hydrogen) atoms. The predicted octanol–water partition coefficient (Wildman–Crippen LogP) is 14.4. The molecular weight excluding hydrogens is 721 g/mol. The van der Waals surface area contributed by atoms with Gasteiger partial charge in [-0.1, -0.05) is 182 Å². The van der Waals surface area contributed by atoms with E-state index in [0.29, 0.717) is 5.82 Å². The number of rotatable bonds is 5. The second kappa shape index (κ2) is 12.9. The van der Waals surface area contributed by atoms with Crippen molar-refractivity contribution in [1.82, 2.24) is 9.97 Å². The van der Waals surface area contributed by atoms with Gasteiger partial charge in [-0.3, -0.25) is 0 Å². The number of hydrogen-bond donors (Lipinski definition) is 0. The number of aromatic nitrogens is 2. The number of thiophene rings is 1. The molecule has 10 aromatic rings. The number of fused-ring (bicyclic) bond motifs is 12. The molecule has 1 unspecified atom stereocenters. The Morgan fingerprint density at radius 2 is 0.879 bits per heavy atom. The highest BCUT2D eigenvalue weighted by molar-refractivity contribution is 7.20. The molecule has 2 heterocycles. The first kappa shape index (κ1) is 33.0. The van der Waals surface area contributed by atoms with Crippen LogP contribution in [0.15, 0.2) is 206 Å². The second-order valence-corrected chi connectivity index (χ2v) is 16.3. The summed E-state index contributed by atoms with van der Waals surface area (Å²) in [5.74, 6) is 0.705. The summed E-state index contributed by atoms with van der Waals surface area (Å²) in [6.45, 7) is 0. The summed E-state index contributed by atoms with van der Waals surface area (Å²) >= 11 is 1.95.